The number of alkyl halides is 3. The van der Waals surface area contributed by atoms with Crippen LogP contribution in [0.4, 0.5) is 13.2 Å². The van der Waals surface area contributed by atoms with Gasteiger partial charge in [0.1, 0.15) is 0 Å². The van der Waals surface area contributed by atoms with E-state index in [1.807, 2.05) is 6.92 Å². The molecule has 0 aliphatic carbocycles. The summed E-state index contributed by atoms with van der Waals surface area (Å²) in [6.45, 7) is 8.46. The first-order chi connectivity index (χ1) is 7.59. The lowest BCUT2D eigenvalue weighted by molar-refractivity contribution is -0.0886. The van der Waals surface area contributed by atoms with Gasteiger partial charge in [-0.15, -0.1) is 0 Å². The van der Waals surface area contributed by atoms with Gasteiger partial charge in [-0.05, 0) is 62.4 Å². The van der Waals surface area contributed by atoms with Gasteiger partial charge >= 0.3 is 6.18 Å². The third kappa shape index (κ3) is 2.21. The van der Waals surface area contributed by atoms with Gasteiger partial charge in [-0.25, -0.2) is 0 Å². The highest BCUT2D eigenvalue weighted by molar-refractivity contribution is 6.03. The van der Waals surface area contributed by atoms with E-state index in [0.29, 0.717) is 11.1 Å². The van der Waals surface area contributed by atoms with Crippen molar-refractivity contribution in [2.45, 2.75) is 40.8 Å². The average Bonchev–Trinajstić information content (AvgIpc) is 2.22. The lowest BCUT2D eigenvalue weighted by atomic mass is 9.87. The van der Waals surface area contributed by atoms with Crippen molar-refractivity contribution in [3.05, 3.63) is 33.4 Å². The number of rotatable bonds is 1. The summed E-state index contributed by atoms with van der Waals surface area (Å²) in [5.74, 6) is -1.75. The van der Waals surface area contributed by atoms with Crippen molar-refractivity contribution < 1.29 is 18.0 Å². The van der Waals surface area contributed by atoms with Crippen molar-refractivity contribution in [2.75, 3.05) is 0 Å². The zero-order chi connectivity index (χ0) is 13.5. The average molecular weight is 244 g/mol. The quantitative estimate of drug-likeness (QED) is 0.683. The lowest BCUT2D eigenvalue weighted by Crippen LogP contribution is -2.25. The highest BCUT2D eigenvalue weighted by Crippen LogP contribution is 2.31. The van der Waals surface area contributed by atoms with Crippen LogP contribution in [0.1, 0.15) is 38.2 Å². The van der Waals surface area contributed by atoms with Gasteiger partial charge in [-0.2, -0.15) is 13.2 Å². The summed E-state index contributed by atoms with van der Waals surface area (Å²) in [6, 6.07) is 0. The number of halogens is 3. The van der Waals surface area contributed by atoms with E-state index in [1.165, 1.54) is 0 Å². The predicted octanol–water partition coefficient (Wildman–Crippen LogP) is 3.97. The smallest absolute Gasteiger partial charge is 0.284 e. The lowest BCUT2D eigenvalue weighted by Gasteiger charge is -2.18. The fourth-order valence-electron chi connectivity index (χ4n) is 1.98. The van der Waals surface area contributed by atoms with E-state index in [4.69, 9.17) is 0 Å². The van der Waals surface area contributed by atoms with Gasteiger partial charge in [-0.3, -0.25) is 4.79 Å². The summed E-state index contributed by atoms with van der Waals surface area (Å²) in [7, 11) is 0. The molecule has 1 aromatic carbocycles. The summed E-state index contributed by atoms with van der Waals surface area (Å²) in [4.78, 5) is 11.4. The molecule has 17 heavy (non-hydrogen) atoms. The second-order valence-corrected chi connectivity index (χ2v) is 4.33. The molecule has 4 heteroatoms. The summed E-state index contributed by atoms with van der Waals surface area (Å²) in [5.41, 5.74) is 3.10. The van der Waals surface area contributed by atoms with Crippen molar-refractivity contribution in [2.24, 2.45) is 0 Å². The van der Waals surface area contributed by atoms with Crippen LogP contribution in [0.2, 0.25) is 0 Å². The van der Waals surface area contributed by atoms with Crippen molar-refractivity contribution in [3.8, 4) is 0 Å². The third-order valence-corrected chi connectivity index (χ3v) is 3.48. The Labute approximate surface area is 98.6 Å². The number of benzene rings is 1. The Kier molecular flexibility index (Phi) is 3.37. The molecule has 0 radical (unpaired) electrons. The maximum absolute atomic E-state index is 12.5. The van der Waals surface area contributed by atoms with Crippen LogP contribution in [0.3, 0.4) is 0 Å². The van der Waals surface area contributed by atoms with E-state index >= 15 is 0 Å². The molecule has 1 aromatic rings. The molecule has 0 N–H and O–H groups in total. The van der Waals surface area contributed by atoms with Crippen LogP contribution in [-0.4, -0.2) is 12.0 Å². The molecular formula is C13H15F3O. The van der Waals surface area contributed by atoms with Crippen molar-refractivity contribution >= 4 is 5.78 Å². The maximum Gasteiger partial charge on any atom is 0.454 e. The Morgan fingerprint density at radius 3 is 1.35 bits per heavy atom. The van der Waals surface area contributed by atoms with E-state index in [2.05, 4.69) is 0 Å². The standard InChI is InChI=1S/C13H15F3O/c1-6-7(2)9(4)11(10(5)8(6)3)12(17)13(14,15)16/h1-5H3. The minimum absolute atomic E-state index is 0.196. The van der Waals surface area contributed by atoms with Gasteiger partial charge in [0.05, 0.1) is 0 Å². The molecule has 0 saturated heterocycles. The largest absolute Gasteiger partial charge is 0.454 e. The highest BCUT2D eigenvalue weighted by Gasteiger charge is 2.41. The zero-order valence-corrected chi connectivity index (χ0v) is 10.5. The molecule has 0 atom stereocenters. The summed E-state index contributed by atoms with van der Waals surface area (Å²) < 4.78 is 37.5. The van der Waals surface area contributed by atoms with Crippen LogP contribution in [0, 0.1) is 34.6 Å². The molecule has 1 rings (SSSR count). The number of hydrogen-bond donors (Lipinski definition) is 0. The maximum atomic E-state index is 12.5. The summed E-state index contributed by atoms with van der Waals surface area (Å²) in [6.07, 6.45) is -4.82. The molecule has 0 fully saturated rings. The molecule has 0 aliphatic heterocycles. The second-order valence-electron chi connectivity index (χ2n) is 4.33. The zero-order valence-electron chi connectivity index (χ0n) is 10.5. The van der Waals surface area contributed by atoms with Gasteiger partial charge in [0.2, 0.25) is 0 Å². The normalized spacial score (nSPS) is 11.8. The number of Topliss-reactive ketones (excluding diaryl/α,β-unsaturated/α-hetero) is 1. The summed E-state index contributed by atoms with van der Waals surface area (Å²) in [5, 5.41) is 0. The highest BCUT2D eigenvalue weighted by atomic mass is 19.4. The first kappa shape index (κ1) is 13.7. The van der Waals surface area contributed by atoms with E-state index in [-0.39, 0.29) is 5.56 Å². The number of carbonyl (C=O) groups excluding carboxylic acids is 1. The fraction of sp³-hybridized carbons (Fsp3) is 0.462. The van der Waals surface area contributed by atoms with Crippen molar-refractivity contribution in [1.82, 2.24) is 0 Å². The number of ketones is 1. The van der Waals surface area contributed by atoms with Gasteiger partial charge in [0.15, 0.2) is 0 Å². The minimum atomic E-state index is -4.82. The SMILES string of the molecule is Cc1c(C)c(C)c(C(=O)C(F)(F)F)c(C)c1C. The van der Waals surface area contributed by atoms with Crippen LogP contribution in [0.25, 0.3) is 0 Å². The molecule has 0 saturated carbocycles. The van der Waals surface area contributed by atoms with E-state index in [0.717, 1.165) is 16.7 Å². The Morgan fingerprint density at radius 2 is 1.06 bits per heavy atom. The van der Waals surface area contributed by atoms with Gasteiger partial charge in [0, 0.05) is 5.56 Å². The molecule has 0 bridgehead atoms. The second kappa shape index (κ2) is 4.17. The Bertz CT molecular complexity index is 455. The fourth-order valence-corrected chi connectivity index (χ4v) is 1.98. The Balaban J connectivity index is 3.62. The molecule has 0 aliphatic rings. The van der Waals surface area contributed by atoms with Crippen LogP contribution in [-0.2, 0) is 0 Å². The van der Waals surface area contributed by atoms with Crippen LogP contribution in [0.5, 0.6) is 0 Å². The molecule has 0 amide bonds. The Morgan fingerprint density at radius 1 is 0.765 bits per heavy atom. The van der Waals surface area contributed by atoms with E-state index < -0.39 is 12.0 Å². The topological polar surface area (TPSA) is 17.1 Å². The van der Waals surface area contributed by atoms with E-state index in [9.17, 15) is 18.0 Å². The number of carbonyl (C=O) groups is 1. The van der Waals surface area contributed by atoms with Crippen LogP contribution in [0.15, 0.2) is 0 Å². The first-order valence-corrected chi connectivity index (χ1v) is 5.27. The number of hydrogen-bond acceptors (Lipinski definition) is 1. The van der Waals surface area contributed by atoms with Crippen LogP contribution < -0.4 is 0 Å². The van der Waals surface area contributed by atoms with Crippen molar-refractivity contribution in [3.63, 3.8) is 0 Å². The Hall–Kier alpha value is -1.32. The van der Waals surface area contributed by atoms with E-state index in [1.54, 1.807) is 27.7 Å². The molecule has 0 unspecified atom stereocenters. The summed E-state index contributed by atoms with van der Waals surface area (Å²) >= 11 is 0. The van der Waals surface area contributed by atoms with Gasteiger partial charge in [-0.1, -0.05) is 0 Å². The predicted molar refractivity (Wildman–Crippen MR) is 60.5 cm³/mol. The van der Waals surface area contributed by atoms with Gasteiger partial charge < -0.3 is 0 Å². The molecule has 0 aromatic heterocycles. The van der Waals surface area contributed by atoms with Gasteiger partial charge in [0.25, 0.3) is 5.78 Å². The minimum Gasteiger partial charge on any atom is -0.284 e. The van der Waals surface area contributed by atoms with Crippen LogP contribution >= 0.6 is 0 Å². The van der Waals surface area contributed by atoms with Crippen molar-refractivity contribution in [1.29, 1.82) is 0 Å². The molecule has 0 heterocycles. The monoisotopic (exact) mass is 244 g/mol. The molecule has 0 spiro atoms. The third-order valence-electron chi connectivity index (χ3n) is 3.48. The molecular weight excluding hydrogens is 229 g/mol. The first-order valence-electron chi connectivity index (χ1n) is 5.27. The molecule has 1 nitrogen and oxygen atoms in total. The molecule has 94 valence electrons.